The van der Waals surface area contributed by atoms with E-state index in [1.54, 1.807) is 7.05 Å². The van der Waals surface area contributed by atoms with E-state index in [0.29, 0.717) is 6.61 Å². The van der Waals surface area contributed by atoms with Crippen molar-refractivity contribution in [2.45, 2.75) is 13.3 Å². The molecule has 1 aliphatic rings. The SMILES string of the molecule is CN=C(NCCCOc1ccccc1)NCC1(C)COC1.I. The summed E-state index contributed by atoms with van der Waals surface area (Å²) in [5.74, 6) is 1.75. The van der Waals surface area contributed by atoms with Crippen molar-refractivity contribution in [2.24, 2.45) is 10.4 Å². The normalized spacial score (nSPS) is 16.2. The molecule has 22 heavy (non-hydrogen) atoms. The molecule has 0 bridgehead atoms. The fraction of sp³-hybridized carbons (Fsp3) is 0.562. The van der Waals surface area contributed by atoms with Gasteiger partial charge >= 0.3 is 0 Å². The number of hydrogen-bond donors (Lipinski definition) is 2. The Morgan fingerprint density at radius 2 is 2.00 bits per heavy atom. The number of halogens is 1. The van der Waals surface area contributed by atoms with E-state index in [-0.39, 0.29) is 29.4 Å². The molecule has 0 saturated carbocycles. The molecular weight excluding hydrogens is 393 g/mol. The number of para-hydroxylation sites is 1. The summed E-state index contributed by atoms with van der Waals surface area (Å²) in [6.45, 7) is 6.26. The summed E-state index contributed by atoms with van der Waals surface area (Å²) in [5, 5.41) is 6.63. The van der Waals surface area contributed by atoms with Gasteiger partial charge in [0, 0.05) is 25.6 Å². The molecule has 0 amide bonds. The molecule has 1 heterocycles. The predicted molar refractivity (Wildman–Crippen MR) is 100 cm³/mol. The van der Waals surface area contributed by atoms with Gasteiger partial charge in [0.15, 0.2) is 5.96 Å². The molecule has 2 rings (SSSR count). The van der Waals surface area contributed by atoms with Crippen LogP contribution >= 0.6 is 24.0 Å². The van der Waals surface area contributed by atoms with Gasteiger partial charge in [0.05, 0.1) is 19.8 Å². The van der Waals surface area contributed by atoms with E-state index in [4.69, 9.17) is 9.47 Å². The molecule has 1 aliphatic heterocycles. The third kappa shape index (κ3) is 6.39. The summed E-state index contributed by atoms with van der Waals surface area (Å²) >= 11 is 0. The minimum absolute atomic E-state index is 0. The van der Waals surface area contributed by atoms with Gasteiger partial charge in [-0.3, -0.25) is 4.99 Å². The fourth-order valence-corrected chi connectivity index (χ4v) is 2.06. The lowest BCUT2D eigenvalue weighted by Crippen LogP contribution is -2.51. The zero-order chi connectivity index (χ0) is 15.0. The third-order valence-corrected chi connectivity index (χ3v) is 3.43. The number of hydrogen-bond acceptors (Lipinski definition) is 3. The summed E-state index contributed by atoms with van der Waals surface area (Å²) < 4.78 is 10.9. The largest absolute Gasteiger partial charge is 0.494 e. The second-order valence-electron chi connectivity index (χ2n) is 5.67. The Morgan fingerprint density at radius 1 is 1.27 bits per heavy atom. The van der Waals surface area contributed by atoms with Crippen LogP contribution in [0.5, 0.6) is 5.75 Å². The van der Waals surface area contributed by atoms with E-state index in [1.807, 2.05) is 30.3 Å². The van der Waals surface area contributed by atoms with Crippen LogP contribution in [0, 0.1) is 5.41 Å². The summed E-state index contributed by atoms with van der Waals surface area (Å²) in [5.41, 5.74) is 0.244. The molecule has 0 unspecified atom stereocenters. The highest BCUT2D eigenvalue weighted by Crippen LogP contribution is 2.24. The van der Waals surface area contributed by atoms with Crippen molar-refractivity contribution in [1.29, 1.82) is 0 Å². The molecule has 2 N–H and O–H groups in total. The zero-order valence-electron chi connectivity index (χ0n) is 13.3. The van der Waals surface area contributed by atoms with Crippen molar-refractivity contribution in [3.63, 3.8) is 0 Å². The minimum Gasteiger partial charge on any atom is -0.494 e. The molecular formula is C16H26IN3O2. The van der Waals surface area contributed by atoms with Crippen LogP contribution in [0.3, 0.4) is 0 Å². The Bertz CT molecular complexity index is 450. The molecule has 0 aliphatic carbocycles. The van der Waals surface area contributed by atoms with Crippen LogP contribution in [-0.2, 0) is 4.74 Å². The van der Waals surface area contributed by atoms with Crippen LogP contribution in [0.25, 0.3) is 0 Å². The maximum atomic E-state index is 5.65. The van der Waals surface area contributed by atoms with Crippen LogP contribution in [-0.4, -0.2) is 45.9 Å². The highest BCUT2D eigenvalue weighted by Gasteiger charge is 2.33. The van der Waals surface area contributed by atoms with Crippen LogP contribution in [0.2, 0.25) is 0 Å². The first kappa shape index (κ1) is 19.0. The summed E-state index contributed by atoms with van der Waals surface area (Å²) in [6.07, 6.45) is 0.927. The molecule has 0 atom stereocenters. The van der Waals surface area contributed by atoms with E-state index in [9.17, 15) is 0 Å². The van der Waals surface area contributed by atoms with E-state index in [1.165, 1.54) is 0 Å². The highest BCUT2D eigenvalue weighted by molar-refractivity contribution is 14.0. The van der Waals surface area contributed by atoms with Crippen molar-refractivity contribution < 1.29 is 9.47 Å². The highest BCUT2D eigenvalue weighted by atomic mass is 127. The molecule has 0 spiro atoms. The number of ether oxygens (including phenoxy) is 2. The maximum Gasteiger partial charge on any atom is 0.191 e. The summed E-state index contributed by atoms with van der Waals surface area (Å²) in [6, 6.07) is 9.87. The van der Waals surface area contributed by atoms with Crippen molar-refractivity contribution in [3.05, 3.63) is 30.3 Å². The molecule has 6 heteroatoms. The van der Waals surface area contributed by atoms with Crippen molar-refractivity contribution in [3.8, 4) is 5.75 Å². The summed E-state index contributed by atoms with van der Waals surface area (Å²) in [7, 11) is 1.79. The lowest BCUT2D eigenvalue weighted by Gasteiger charge is -2.38. The molecule has 5 nitrogen and oxygen atoms in total. The second-order valence-corrected chi connectivity index (χ2v) is 5.67. The standard InChI is InChI=1S/C16H25N3O2.HI/c1-16(12-20-13-16)11-19-15(17-2)18-9-6-10-21-14-7-4-3-5-8-14;/h3-5,7-8H,6,9-13H2,1-2H3,(H2,17,18,19);1H. The van der Waals surface area contributed by atoms with Crippen LogP contribution in [0.1, 0.15) is 13.3 Å². The van der Waals surface area contributed by atoms with Gasteiger partial charge in [0.2, 0.25) is 0 Å². The van der Waals surface area contributed by atoms with Crippen molar-refractivity contribution in [2.75, 3.05) is 40.0 Å². The number of aliphatic imine (C=N–C) groups is 1. The first-order valence-electron chi connectivity index (χ1n) is 7.42. The smallest absolute Gasteiger partial charge is 0.191 e. The van der Waals surface area contributed by atoms with E-state index in [0.717, 1.165) is 44.4 Å². The quantitative estimate of drug-likeness (QED) is 0.308. The Morgan fingerprint density at radius 3 is 2.59 bits per heavy atom. The predicted octanol–water partition coefficient (Wildman–Crippen LogP) is 2.28. The number of nitrogens with zero attached hydrogens (tertiary/aromatic N) is 1. The van der Waals surface area contributed by atoms with Crippen LogP contribution < -0.4 is 15.4 Å². The first-order valence-corrected chi connectivity index (χ1v) is 7.42. The second kappa shape index (κ2) is 9.89. The lowest BCUT2D eigenvalue weighted by molar-refractivity contribution is -0.0971. The maximum absolute atomic E-state index is 5.65. The van der Waals surface area contributed by atoms with Gasteiger partial charge in [-0.1, -0.05) is 25.1 Å². The first-order chi connectivity index (χ1) is 10.2. The fourth-order valence-electron chi connectivity index (χ4n) is 2.06. The van der Waals surface area contributed by atoms with Gasteiger partial charge in [0.1, 0.15) is 5.75 Å². The molecule has 1 aromatic carbocycles. The number of guanidine groups is 1. The minimum atomic E-state index is 0. The van der Waals surface area contributed by atoms with Gasteiger partial charge in [-0.05, 0) is 18.6 Å². The Hall–Kier alpha value is -1.02. The number of nitrogens with one attached hydrogen (secondary N) is 2. The van der Waals surface area contributed by atoms with E-state index < -0.39 is 0 Å². The van der Waals surface area contributed by atoms with Crippen molar-refractivity contribution in [1.82, 2.24) is 10.6 Å². The Labute approximate surface area is 149 Å². The number of benzene rings is 1. The molecule has 1 aromatic rings. The van der Waals surface area contributed by atoms with Gasteiger partial charge in [-0.25, -0.2) is 0 Å². The zero-order valence-corrected chi connectivity index (χ0v) is 15.6. The Kier molecular flexibility index (Phi) is 8.55. The van der Waals surface area contributed by atoms with Gasteiger partial charge in [0.25, 0.3) is 0 Å². The third-order valence-electron chi connectivity index (χ3n) is 3.43. The number of rotatable bonds is 7. The molecule has 0 radical (unpaired) electrons. The monoisotopic (exact) mass is 419 g/mol. The average molecular weight is 419 g/mol. The average Bonchev–Trinajstić information content (AvgIpc) is 2.49. The topological polar surface area (TPSA) is 54.9 Å². The van der Waals surface area contributed by atoms with Crippen molar-refractivity contribution >= 4 is 29.9 Å². The summed E-state index contributed by atoms with van der Waals surface area (Å²) in [4.78, 5) is 4.22. The van der Waals surface area contributed by atoms with Crippen LogP contribution in [0.4, 0.5) is 0 Å². The van der Waals surface area contributed by atoms with Gasteiger partial charge < -0.3 is 20.1 Å². The van der Waals surface area contributed by atoms with E-state index >= 15 is 0 Å². The van der Waals surface area contributed by atoms with Gasteiger partial charge in [-0.15, -0.1) is 24.0 Å². The molecule has 0 aromatic heterocycles. The Balaban J connectivity index is 0.00000242. The lowest BCUT2D eigenvalue weighted by atomic mass is 9.89. The van der Waals surface area contributed by atoms with Crippen LogP contribution in [0.15, 0.2) is 35.3 Å². The molecule has 124 valence electrons. The van der Waals surface area contributed by atoms with E-state index in [2.05, 4.69) is 22.5 Å². The van der Waals surface area contributed by atoms with Gasteiger partial charge in [-0.2, -0.15) is 0 Å². The molecule has 1 saturated heterocycles. The molecule has 1 fully saturated rings.